The fourth-order valence-electron chi connectivity index (χ4n) is 1.84. The van der Waals surface area contributed by atoms with E-state index in [0.717, 1.165) is 11.3 Å². The first-order valence-corrected chi connectivity index (χ1v) is 6.83. The minimum atomic E-state index is -0.565. The van der Waals surface area contributed by atoms with E-state index in [1.165, 1.54) is 19.2 Å². The number of benzene rings is 1. The molecule has 21 heavy (non-hydrogen) atoms. The van der Waals surface area contributed by atoms with Crippen molar-refractivity contribution in [2.24, 2.45) is 0 Å². The second-order valence-electron chi connectivity index (χ2n) is 4.29. The monoisotopic (exact) mass is 306 g/mol. The maximum absolute atomic E-state index is 12.2. The predicted octanol–water partition coefficient (Wildman–Crippen LogP) is 2.38. The number of thiophene rings is 1. The number of carbonyl (C=O) groups excluding carboxylic acids is 2. The first kappa shape index (κ1) is 14.9. The Morgan fingerprint density at radius 1 is 1.29 bits per heavy atom. The van der Waals surface area contributed by atoms with E-state index in [0.29, 0.717) is 16.1 Å². The molecular weight excluding hydrogens is 292 g/mol. The third-order valence-electron chi connectivity index (χ3n) is 2.89. The molecule has 0 radical (unpaired) electrons. The first-order chi connectivity index (χ1) is 9.93. The van der Waals surface area contributed by atoms with E-state index in [9.17, 15) is 14.7 Å². The first-order valence-electron chi connectivity index (χ1n) is 6.01. The van der Waals surface area contributed by atoms with Gasteiger partial charge in [0.1, 0.15) is 10.8 Å². The summed E-state index contributed by atoms with van der Waals surface area (Å²) in [6, 6.07) is 6.07. The number of nitrogens with two attached hydrogens (primary N) is 1. The molecule has 0 aliphatic carbocycles. The summed E-state index contributed by atoms with van der Waals surface area (Å²) in [6.07, 6.45) is 0. The van der Waals surface area contributed by atoms with Crippen molar-refractivity contribution in [3.05, 3.63) is 40.3 Å². The number of amides is 1. The Morgan fingerprint density at radius 2 is 1.90 bits per heavy atom. The van der Waals surface area contributed by atoms with Gasteiger partial charge in [0, 0.05) is 5.69 Å². The molecule has 0 bridgehead atoms. The molecule has 0 aliphatic rings. The van der Waals surface area contributed by atoms with Crippen LogP contribution in [-0.4, -0.2) is 24.1 Å². The van der Waals surface area contributed by atoms with Crippen LogP contribution in [0.1, 0.15) is 25.6 Å². The Bertz CT molecular complexity index is 692. The van der Waals surface area contributed by atoms with Crippen LogP contribution in [0.25, 0.3) is 0 Å². The number of aromatic hydroxyl groups is 1. The molecule has 7 heteroatoms. The number of rotatable bonds is 3. The lowest BCUT2D eigenvalue weighted by molar-refractivity contribution is 0.0601. The van der Waals surface area contributed by atoms with E-state index >= 15 is 0 Å². The summed E-state index contributed by atoms with van der Waals surface area (Å²) < 4.78 is 4.65. The third-order valence-corrected chi connectivity index (χ3v) is 4.01. The van der Waals surface area contributed by atoms with E-state index in [1.807, 2.05) is 0 Å². The molecule has 0 saturated carbocycles. The molecule has 6 nitrogen and oxygen atoms in total. The SMILES string of the molecule is COC(=O)c1c(N)sc(C(=O)Nc2ccc(O)cc2)c1C. The van der Waals surface area contributed by atoms with Crippen LogP contribution < -0.4 is 11.1 Å². The average molecular weight is 306 g/mol. The molecule has 1 aromatic heterocycles. The van der Waals surface area contributed by atoms with Gasteiger partial charge >= 0.3 is 5.97 Å². The van der Waals surface area contributed by atoms with Crippen LogP contribution in [0.15, 0.2) is 24.3 Å². The Balaban J connectivity index is 2.28. The Kier molecular flexibility index (Phi) is 4.13. The highest BCUT2D eigenvalue weighted by molar-refractivity contribution is 7.18. The highest BCUT2D eigenvalue weighted by Crippen LogP contribution is 2.31. The zero-order valence-electron chi connectivity index (χ0n) is 11.5. The van der Waals surface area contributed by atoms with Crippen LogP contribution in [0.5, 0.6) is 5.75 Å². The van der Waals surface area contributed by atoms with Crippen molar-refractivity contribution in [1.29, 1.82) is 0 Å². The molecule has 2 rings (SSSR count). The van der Waals surface area contributed by atoms with E-state index in [-0.39, 0.29) is 22.2 Å². The maximum atomic E-state index is 12.2. The number of ether oxygens (including phenoxy) is 1. The second kappa shape index (κ2) is 5.84. The van der Waals surface area contributed by atoms with Crippen molar-refractivity contribution >= 4 is 33.9 Å². The summed E-state index contributed by atoms with van der Waals surface area (Å²) in [6.45, 7) is 1.64. The molecule has 0 atom stereocenters. The van der Waals surface area contributed by atoms with Gasteiger partial charge in [0.15, 0.2) is 0 Å². The molecule has 0 spiro atoms. The predicted molar refractivity (Wildman–Crippen MR) is 80.9 cm³/mol. The molecule has 1 aromatic carbocycles. The van der Waals surface area contributed by atoms with Gasteiger partial charge in [-0.2, -0.15) is 0 Å². The summed E-state index contributed by atoms with van der Waals surface area (Å²) in [5, 5.41) is 12.1. The molecule has 0 unspecified atom stereocenters. The molecule has 0 fully saturated rings. The van der Waals surface area contributed by atoms with Crippen LogP contribution >= 0.6 is 11.3 Å². The maximum Gasteiger partial charge on any atom is 0.341 e. The molecular formula is C14H14N2O4S. The molecule has 0 saturated heterocycles. The Hall–Kier alpha value is -2.54. The number of anilines is 2. The van der Waals surface area contributed by atoms with Gasteiger partial charge in [-0.1, -0.05) is 0 Å². The largest absolute Gasteiger partial charge is 0.508 e. The van der Waals surface area contributed by atoms with Crippen LogP contribution in [0.2, 0.25) is 0 Å². The summed E-state index contributed by atoms with van der Waals surface area (Å²) >= 11 is 1.03. The number of phenolic OH excluding ortho intramolecular Hbond substituents is 1. The van der Waals surface area contributed by atoms with Crippen LogP contribution in [0, 0.1) is 6.92 Å². The van der Waals surface area contributed by atoms with Crippen LogP contribution in [0.4, 0.5) is 10.7 Å². The zero-order chi connectivity index (χ0) is 15.6. The quantitative estimate of drug-likeness (QED) is 0.597. The van der Waals surface area contributed by atoms with Gasteiger partial charge < -0.3 is 20.9 Å². The Labute approximate surface area is 125 Å². The van der Waals surface area contributed by atoms with Crippen LogP contribution in [0.3, 0.4) is 0 Å². The van der Waals surface area contributed by atoms with Gasteiger partial charge in [0.2, 0.25) is 0 Å². The minimum absolute atomic E-state index is 0.109. The lowest BCUT2D eigenvalue weighted by Crippen LogP contribution is -2.12. The standard InChI is InChI=1S/C14H14N2O4S/c1-7-10(14(19)20-2)12(15)21-11(7)13(18)16-8-3-5-9(17)6-4-8/h3-6,17H,15H2,1-2H3,(H,16,18). The highest BCUT2D eigenvalue weighted by Gasteiger charge is 2.23. The smallest absolute Gasteiger partial charge is 0.341 e. The highest BCUT2D eigenvalue weighted by atomic mass is 32.1. The molecule has 0 aliphatic heterocycles. The summed E-state index contributed by atoms with van der Waals surface area (Å²) in [4.78, 5) is 24.2. The zero-order valence-corrected chi connectivity index (χ0v) is 12.3. The molecule has 110 valence electrons. The van der Waals surface area contributed by atoms with Crippen molar-refractivity contribution in [3.8, 4) is 5.75 Å². The van der Waals surface area contributed by atoms with E-state index < -0.39 is 5.97 Å². The third kappa shape index (κ3) is 2.97. The summed E-state index contributed by atoms with van der Waals surface area (Å²) in [5.41, 5.74) is 7.01. The van der Waals surface area contributed by atoms with E-state index in [4.69, 9.17) is 5.73 Å². The number of hydrogen-bond donors (Lipinski definition) is 3. The topological polar surface area (TPSA) is 102 Å². The molecule has 1 heterocycles. The van der Waals surface area contributed by atoms with Crippen molar-refractivity contribution in [2.75, 3.05) is 18.2 Å². The fourth-order valence-corrected chi connectivity index (χ4v) is 2.80. The lowest BCUT2D eigenvalue weighted by Gasteiger charge is -2.05. The molecule has 4 N–H and O–H groups in total. The number of nitrogens with one attached hydrogen (secondary N) is 1. The molecule has 1 amide bonds. The number of phenols is 1. The summed E-state index contributed by atoms with van der Waals surface area (Å²) in [5.74, 6) is -0.826. The normalized spacial score (nSPS) is 10.2. The van der Waals surface area contributed by atoms with Gasteiger partial charge in [0.05, 0.1) is 17.6 Å². The number of hydrogen-bond acceptors (Lipinski definition) is 6. The van der Waals surface area contributed by atoms with Crippen molar-refractivity contribution in [2.45, 2.75) is 6.92 Å². The van der Waals surface area contributed by atoms with Crippen molar-refractivity contribution in [3.63, 3.8) is 0 Å². The van der Waals surface area contributed by atoms with Gasteiger partial charge in [-0.15, -0.1) is 11.3 Å². The minimum Gasteiger partial charge on any atom is -0.508 e. The molecule has 2 aromatic rings. The fraction of sp³-hybridized carbons (Fsp3) is 0.143. The van der Waals surface area contributed by atoms with Gasteiger partial charge in [-0.25, -0.2) is 4.79 Å². The van der Waals surface area contributed by atoms with Crippen molar-refractivity contribution in [1.82, 2.24) is 0 Å². The van der Waals surface area contributed by atoms with Gasteiger partial charge in [-0.3, -0.25) is 4.79 Å². The van der Waals surface area contributed by atoms with Gasteiger partial charge in [0.25, 0.3) is 5.91 Å². The number of esters is 1. The second-order valence-corrected chi connectivity index (χ2v) is 5.34. The van der Waals surface area contributed by atoms with E-state index in [2.05, 4.69) is 10.1 Å². The average Bonchev–Trinajstić information content (AvgIpc) is 2.76. The number of carbonyl (C=O) groups is 2. The van der Waals surface area contributed by atoms with E-state index in [1.54, 1.807) is 19.1 Å². The van der Waals surface area contributed by atoms with Crippen LogP contribution in [-0.2, 0) is 4.74 Å². The lowest BCUT2D eigenvalue weighted by atomic mass is 10.1. The Morgan fingerprint density at radius 3 is 2.48 bits per heavy atom. The number of nitrogen functional groups attached to an aromatic ring is 1. The van der Waals surface area contributed by atoms with Crippen molar-refractivity contribution < 1.29 is 19.4 Å². The number of methoxy groups -OCH3 is 1. The summed E-state index contributed by atoms with van der Waals surface area (Å²) in [7, 11) is 1.26. The van der Waals surface area contributed by atoms with Gasteiger partial charge in [-0.05, 0) is 36.8 Å².